The van der Waals surface area contributed by atoms with Gasteiger partial charge in [0.05, 0.1) is 12.7 Å². The molecule has 1 N–H and O–H groups in total. The van der Waals surface area contributed by atoms with Crippen molar-refractivity contribution in [1.29, 1.82) is 0 Å². The number of carbonyl (C=O) groups excluding carboxylic acids is 1. The average molecular weight is 285 g/mol. The maximum Gasteiger partial charge on any atom is 0.293 e. The highest BCUT2D eigenvalue weighted by molar-refractivity contribution is 9.10. The summed E-state index contributed by atoms with van der Waals surface area (Å²) in [6.45, 7) is 1.25. The van der Waals surface area contributed by atoms with Crippen LogP contribution in [0.4, 0.5) is 5.82 Å². The van der Waals surface area contributed by atoms with E-state index in [4.69, 9.17) is 0 Å². The van der Waals surface area contributed by atoms with E-state index in [1.807, 2.05) is 12.1 Å². The molecule has 0 aromatic carbocycles. The van der Waals surface area contributed by atoms with E-state index in [1.54, 1.807) is 10.7 Å². The molecule has 6 nitrogen and oxygen atoms in total. The van der Waals surface area contributed by atoms with E-state index < -0.39 is 0 Å². The van der Waals surface area contributed by atoms with Gasteiger partial charge < -0.3 is 10.1 Å². The first-order chi connectivity index (χ1) is 7.81. The first-order valence-corrected chi connectivity index (χ1v) is 5.40. The van der Waals surface area contributed by atoms with E-state index >= 15 is 0 Å². The summed E-state index contributed by atoms with van der Waals surface area (Å²) in [6.07, 6.45) is 1.68. The van der Waals surface area contributed by atoms with Crippen LogP contribution < -0.4 is 5.32 Å². The van der Waals surface area contributed by atoms with Gasteiger partial charge in [-0.15, -0.1) is 5.10 Å². The van der Waals surface area contributed by atoms with E-state index in [-0.39, 0.29) is 0 Å². The Morgan fingerprint density at radius 2 is 2.44 bits per heavy atom. The highest BCUT2D eigenvalue weighted by Gasteiger charge is 2.02. The molecule has 0 amide bonds. The van der Waals surface area contributed by atoms with Gasteiger partial charge in [-0.3, -0.25) is 4.79 Å². The van der Waals surface area contributed by atoms with Crippen LogP contribution in [0.5, 0.6) is 0 Å². The highest BCUT2D eigenvalue weighted by Crippen LogP contribution is 2.13. The Morgan fingerprint density at radius 3 is 3.25 bits per heavy atom. The lowest BCUT2D eigenvalue weighted by atomic mass is 10.5. The van der Waals surface area contributed by atoms with Crippen LogP contribution in [0.2, 0.25) is 0 Å². The molecule has 0 bridgehead atoms. The van der Waals surface area contributed by atoms with Crippen LogP contribution >= 0.6 is 15.9 Å². The molecule has 0 saturated heterocycles. The number of nitrogens with one attached hydrogen (secondary N) is 1. The molecule has 7 heteroatoms. The van der Waals surface area contributed by atoms with E-state index in [2.05, 4.69) is 36.1 Å². The van der Waals surface area contributed by atoms with Crippen LogP contribution in [-0.2, 0) is 9.53 Å². The number of fused-ring (bicyclic) bond motifs is 1. The number of hydrogen-bond donors (Lipinski definition) is 1. The van der Waals surface area contributed by atoms with Crippen LogP contribution in [0, 0.1) is 0 Å². The maximum absolute atomic E-state index is 9.92. The fourth-order valence-corrected chi connectivity index (χ4v) is 1.59. The molecule has 2 aromatic rings. The third-order valence-electron chi connectivity index (χ3n) is 1.91. The molecule has 0 atom stereocenters. The predicted molar refractivity (Wildman–Crippen MR) is 61.2 cm³/mol. The van der Waals surface area contributed by atoms with E-state index in [0.717, 1.165) is 10.3 Å². The fraction of sp³-hybridized carbons (Fsp3) is 0.222. The van der Waals surface area contributed by atoms with Crippen molar-refractivity contribution in [1.82, 2.24) is 14.6 Å². The van der Waals surface area contributed by atoms with Crippen molar-refractivity contribution >= 4 is 33.9 Å². The standard InChI is InChI=1S/C9H9BrN4O2/c10-7-5-12-9-2-1-8(13-14(7)9)11-3-4-16-6-15/h1-2,5-6H,3-4H2,(H,11,13). The number of carbonyl (C=O) groups is 1. The molecule has 16 heavy (non-hydrogen) atoms. The molecular formula is C9H9BrN4O2. The number of ether oxygens (including phenoxy) is 1. The van der Waals surface area contributed by atoms with Gasteiger partial charge in [-0.1, -0.05) is 0 Å². The van der Waals surface area contributed by atoms with Gasteiger partial charge in [0.1, 0.15) is 17.0 Å². The third kappa shape index (κ3) is 2.30. The second-order valence-corrected chi connectivity index (χ2v) is 3.78. The minimum atomic E-state index is 0.314. The zero-order valence-electron chi connectivity index (χ0n) is 8.26. The van der Waals surface area contributed by atoms with Crippen molar-refractivity contribution in [3.63, 3.8) is 0 Å². The summed E-state index contributed by atoms with van der Waals surface area (Å²) in [4.78, 5) is 14.0. The van der Waals surface area contributed by atoms with Crippen molar-refractivity contribution in [2.24, 2.45) is 0 Å². The van der Waals surface area contributed by atoms with Gasteiger partial charge in [0.15, 0.2) is 5.65 Å². The maximum atomic E-state index is 9.92. The Labute approximate surface area is 99.7 Å². The Balaban J connectivity index is 2.07. The zero-order valence-corrected chi connectivity index (χ0v) is 9.85. The SMILES string of the molecule is O=COCCNc1ccc2ncc(Br)n2n1. The Kier molecular flexibility index (Phi) is 3.35. The number of nitrogens with zero attached hydrogens (tertiary/aromatic N) is 3. The number of halogens is 1. The van der Waals surface area contributed by atoms with Crippen molar-refractivity contribution in [3.05, 3.63) is 22.9 Å². The van der Waals surface area contributed by atoms with Crippen LogP contribution in [0.1, 0.15) is 0 Å². The van der Waals surface area contributed by atoms with Gasteiger partial charge in [0.2, 0.25) is 0 Å². The first kappa shape index (κ1) is 10.9. The normalized spacial score (nSPS) is 10.3. The minimum absolute atomic E-state index is 0.314. The lowest BCUT2D eigenvalue weighted by molar-refractivity contribution is -0.128. The summed E-state index contributed by atoms with van der Waals surface area (Å²) >= 11 is 3.33. The summed E-state index contributed by atoms with van der Waals surface area (Å²) < 4.78 is 7.01. The molecule has 0 radical (unpaired) electrons. The topological polar surface area (TPSA) is 68.5 Å². The molecule has 0 aliphatic heterocycles. The first-order valence-electron chi connectivity index (χ1n) is 4.60. The largest absolute Gasteiger partial charge is 0.466 e. The summed E-state index contributed by atoms with van der Waals surface area (Å²) in [7, 11) is 0. The van der Waals surface area contributed by atoms with Crippen molar-refractivity contribution in [2.75, 3.05) is 18.5 Å². The number of hydrogen-bond acceptors (Lipinski definition) is 5. The van der Waals surface area contributed by atoms with Crippen molar-refractivity contribution in [2.45, 2.75) is 0 Å². The van der Waals surface area contributed by atoms with E-state index in [1.165, 1.54) is 0 Å². The molecule has 84 valence electrons. The summed E-state index contributed by atoms with van der Waals surface area (Å²) in [5, 5.41) is 7.31. The van der Waals surface area contributed by atoms with Gasteiger partial charge in [-0.25, -0.2) is 9.50 Å². The Hall–Kier alpha value is -1.63. The molecule has 0 aliphatic rings. The molecule has 2 aromatic heterocycles. The van der Waals surface area contributed by atoms with Gasteiger partial charge in [-0.05, 0) is 28.1 Å². The van der Waals surface area contributed by atoms with Crippen LogP contribution in [0.3, 0.4) is 0 Å². The van der Waals surface area contributed by atoms with Gasteiger partial charge in [-0.2, -0.15) is 0 Å². The predicted octanol–water partition coefficient (Wildman–Crippen LogP) is 1.08. The molecule has 0 unspecified atom stereocenters. The fourth-order valence-electron chi connectivity index (χ4n) is 1.23. The lowest BCUT2D eigenvalue weighted by Gasteiger charge is -2.04. The van der Waals surface area contributed by atoms with E-state index in [0.29, 0.717) is 25.4 Å². The number of rotatable bonds is 5. The average Bonchev–Trinajstić information content (AvgIpc) is 2.67. The Morgan fingerprint density at radius 1 is 1.56 bits per heavy atom. The van der Waals surface area contributed by atoms with Crippen molar-refractivity contribution in [3.8, 4) is 0 Å². The van der Waals surface area contributed by atoms with Gasteiger partial charge in [0, 0.05) is 0 Å². The van der Waals surface area contributed by atoms with Crippen LogP contribution in [-0.4, -0.2) is 34.2 Å². The smallest absolute Gasteiger partial charge is 0.293 e. The molecule has 0 spiro atoms. The van der Waals surface area contributed by atoms with Crippen LogP contribution in [0.25, 0.3) is 5.65 Å². The summed E-state index contributed by atoms with van der Waals surface area (Å²) in [5.74, 6) is 0.695. The molecule has 2 heterocycles. The summed E-state index contributed by atoms with van der Waals surface area (Å²) in [5.41, 5.74) is 0.765. The highest BCUT2D eigenvalue weighted by atomic mass is 79.9. The van der Waals surface area contributed by atoms with Crippen LogP contribution in [0.15, 0.2) is 22.9 Å². The minimum Gasteiger partial charge on any atom is -0.466 e. The number of anilines is 1. The van der Waals surface area contributed by atoms with Gasteiger partial charge >= 0.3 is 0 Å². The third-order valence-corrected chi connectivity index (χ3v) is 2.46. The number of imidazole rings is 1. The zero-order chi connectivity index (χ0) is 11.4. The Bertz CT molecular complexity index is 499. The molecule has 2 rings (SSSR count). The number of aromatic nitrogens is 3. The monoisotopic (exact) mass is 284 g/mol. The second kappa shape index (κ2) is 4.93. The second-order valence-electron chi connectivity index (χ2n) is 2.96. The summed E-state index contributed by atoms with van der Waals surface area (Å²) in [6, 6.07) is 3.66. The lowest BCUT2D eigenvalue weighted by Crippen LogP contribution is -2.10. The van der Waals surface area contributed by atoms with Gasteiger partial charge in [0.25, 0.3) is 6.47 Å². The van der Waals surface area contributed by atoms with E-state index in [9.17, 15) is 4.79 Å². The molecular weight excluding hydrogens is 276 g/mol. The quantitative estimate of drug-likeness (QED) is 0.657. The molecule has 0 saturated carbocycles. The molecule has 0 fully saturated rings. The molecule has 0 aliphatic carbocycles. The van der Waals surface area contributed by atoms with Crippen molar-refractivity contribution < 1.29 is 9.53 Å².